The molecular weight excluding hydrogens is 267 g/mol. The topological polar surface area (TPSA) is 28.2 Å². The number of hydrogen-bond acceptors (Lipinski definition) is 3. The average molecular weight is 283 g/mol. The molecule has 4 atom stereocenters. The van der Waals surface area contributed by atoms with Crippen molar-refractivity contribution < 1.29 is 13.2 Å². The Labute approximate surface area is 115 Å². The Kier molecular flexibility index (Phi) is 2.28. The fraction of sp³-hybridized carbons (Fsp3) is 0.643. The Bertz CT molecular complexity index is 542. The molecule has 6 heteroatoms. The third-order valence-electron chi connectivity index (χ3n) is 5.26. The van der Waals surface area contributed by atoms with E-state index in [0.717, 1.165) is 31.1 Å². The van der Waals surface area contributed by atoms with Gasteiger partial charge >= 0.3 is 6.18 Å². The van der Waals surface area contributed by atoms with E-state index in [1.807, 2.05) is 0 Å². The zero-order valence-corrected chi connectivity index (χ0v) is 11.1. The molecule has 1 aromatic heterocycles. The van der Waals surface area contributed by atoms with Crippen LogP contribution in [0.15, 0.2) is 18.3 Å². The van der Waals surface area contributed by atoms with Crippen molar-refractivity contribution in [2.75, 3.05) is 18.9 Å². The number of alkyl halides is 3. The van der Waals surface area contributed by atoms with Crippen LogP contribution in [0.1, 0.15) is 18.4 Å². The number of piperidine rings is 1. The van der Waals surface area contributed by atoms with Crippen molar-refractivity contribution >= 4 is 5.82 Å². The number of halogens is 3. The van der Waals surface area contributed by atoms with E-state index in [1.165, 1.54) is 12.5 Å². The maximum atomic E-state index is 12.5. The van der Waals surface area contributed by atoms with Crippen LogP contribution >= 0.6 is 0 Å². The van der Waals surface area contributed by atoms with Crippen LogP contribution in [0.25, 0.3) is 0 Å². The summed E-state index contributed by atoms with van der Waals surface area (Å²) in [5.74, 6) is 1.38. The van der Waals surface area contributed by atoms with Gasteiger partial charge in [0.1, 0.15) is 5.82 Å². The maximum absolute atomic E-state index is 12.5. The smallest absolute Gasteiger partial charge is 0.366 e. The molecule has 2 saturated carbocycles. The van der Waals surface area contributed by atoms with Gasteiger partial charge in [0.15, 0.2) is 0 Å². The van der Waals surface area contributed by atoms with Gasteiger partial charge in [-0.25, -0.2) is 4.98 Å². The molecule has 0 amide bonds. The standard InChI is InChI=1S/C14H16F3N3/c1-20-7-9-4-13(9)5-10(12(13)20)19-11-3-2-8(6-18-11)14(15,16)17/h2-3,6,9-10,12H,4-5,7H2,1H3,(H,18,19). The highest BCUT2D eigenvalue weighted by atomic mass is 19.4. The summed E-state index contributed by atoms with van der Waals surface area (Å²) in [6.07, 6.45) is -0.982. The molecule has 108 valence electrons. The molecule has 0 aromatic carbocycles. The second-order valence-corrected chi connectivity index (χ2v) is 6.40. The van der Waals surface area contributed by atoms with Crippen molar-refractivity contribution in [1.29, 1.82) is 0 Å². The molecule has 1 spiro atoms. The van der Waals surface area contributed by atoms with E-state index in [2.05, 4.69) is 22.2 Å². The summed E-state index contributed by atoms with van der Waals surface area (Å²) in [4.78, 5) is 6.27. The SMILES string of the molecule is CN1CC2CC23CC(Nc2ccc(C(F)(F)F)cn2)C13. The van der Waals surface area contributed by atoms with Crippen LogP contribution in [0.5, 0.6) is 0 Å². The lowest BCUT2D eigenvalue weighted by atomic mass is 9.71. The molecule has 1 saturated heterocycles. The minimum atomic E-state index is -4.32. The van der Waals surface area contributed by atoms with Gasteiger partial charge in [0, 0.05) is 24.8 Å². The van der Waals surface area contributed by atoms with Crippen molar-refractivity contribution in [3.63, 3.8) is 0 Å². The van der Waals surface area contributed by atoms with E-state index in [-0.39, 0.29) is 0 Å². The fourth-order valence-electron chi connectivity index (χ4n) is 4.31. The predicted octanol–water partition coefficient (Wildman–Crippen LogP) is 2.60. The minimum Gasteiger partial charge on any atom is -0.366 e. The number of likely N-dealkylation sites (N-methyl/N-ethyl adjacent to an activating group) is 1. The van der Waals surface area contributed by atoms with Crippen LogP contribution in [0.2, 0.25) is 0 Å². The zero-order valence-electron chi connectivity index (χ0n) is 11.1. The Hall–Kier alpha value is -1.30. The van der Waals surface area contributed by atoms with Crippen LogP contribution < -0.4 is 5.32 Å². The Morgan fingerprint density at radius 1 is 1.35 bits per heavy atom. The van der Waals surface area contributed by atoms with Crippen molar-refractivity contribution in [3.8, 4) is 0 Å². The molecule has 0 radical (unpaired) electrons. The molecule has 1 N–H and O–H groups in total. The molecule has 1 aromatic rings. The molecule has 3 fully saturated rings. The number of nitrogens with zero attached hydrogens (tertiary/aromatic N) is 2. The molecule has 2 heterocycles. The van der Waals surface area contributed by atoms with Gasteiger partial charge in [0.05, 0.1) is 5.56 Å². The molecule has 20 heavy (non-hydrogen) atoms. The van der Waals surface area contributed by atoms with E-state index in [1.54, 1.807) is 0 Å². The van der Waals surface area contributed by atoms with Crippen LogP contribution in [0.4, 0.5) is 19.0 Å². The lowest BCUT2D eigenvalue weighted by molar-refractivity contribution is -0.137. The van der Waals surface area contributed by atoms with E-state index in [0.29, 0.717) is 23.3 Å². The molecule has 3 aliphatic rings. The van der Waals surface area contributed by atoms with Crippen molar-refractivity contribution in [2.45, 2.75) is 31.1 Å². The highest BCUT2D eigenvalue weighted by Gasteiger charge is 2.73. The summed E-state index contributed by atoms with van der Waals surface area (Å²) in [6.45, 7) is 1.16. The highest BCUT2D eigenvalue weighted by Crippen LogP contribution is 2.71. The molecule has 4 unspecified atom stereocenters. The molecule has 1 aliphatic heterocycles. The Morgan fingerprint density at radius 2 is 2.15 bits per heavy atom. The van der Waals surface area contributed by atoms with E-state index in [9.17, 15) is 13.2 Å². The zero-order chi connectivity index (χ0) is 14.1. The Morgan fingerprint density at radius 3 is 2.75 bits per heavy atom. The van der Waals surface area contributed by atoms with Crippen molar-refractivity contribution in [2.24, 2.45) is 11.3 Å². The number of aromatic nitrogens is 1. The number of pyridine rings is 1. The van der Waals surface area contributed by atoms with E-state index < -0.39 is 11.7 Å². The molecule has 0 bridgehead atoms. The van der Waals surface area contributed by atoms with Gasteiger partial charge in [-0.1, -0.05) is 0 Å². The quantitative estimate of drug-likeness (QED) is 0.904. The lowest BCUT2D eigenvalue weighted by Crippen LogP contribution is -2.57. The largest absolute Gasteiger partial charge is 0.417 e. The minimum absolute atomic E-state index is 0.316. The first-order valence-electron chi connectivity index (χ1n) is 6.90. The summed E-state index contributed by atoms with van der Waals surface area (Å²) in [5, 5.41) is 3.29. The average Bonchev–Trinajstić information content (AvgIpc) is 2.98. The third kappa shape index (κ3) is 1.60. The monoisotopic (exact) mass is 283 g/mol. The van der Waals surface area contributed by atoms with Gasteiger partial charge in [0.25, 0.3) is 0 Å². The van der Waals surface area contributed by atoms with E-state index in [4.69, 9.17) is 0 Å². The molecular formula is C14H16F3N3. The van der Waals surface area contributed by atoms with Gasteiger partial charge in [-0.05, 0) is 43.4 Å². The highest BCUT2D eigenvalue weighted by molar-refractivity contribution is 5.42. The first-order valence-corrected chi connectivity index (χ1v) is 6.90. The first-order chi connectivity index (χ1) is 9.40. The summed E-state index contributed by atoms with van der Waals surface area (Å²) < 4.78 is 37.4. The summed E-state index contributed by atoms with van der Waals surface area (Å²) in [5.41, 5.74) is -0.188. The summed E-state index contributed by atoms with van der Waals surface area (Å²) in [6, 6.07) is 3.35. The van der Waals surface area contributed by atoms with E-state index >= 15 is 0 Å². The van der Waals surface area contributed by atoms with Gasteiger partial charge in [-0.15, -0.1) is 0 Å². The van der Waals surface area contributed by atoms with Crippen LogP contribution in [0.3, 0.4) is 0 Å². The number of likely N-dealkylation sites (tertiary alicyclic amines) is 1. The van der Waals surface area contributed by atoms with Crippen LogP contribution in [-0.4, -0.2) is 35.6 Å². The van der Waals surface area contributed by atoms with Crippen LogP contribution in [0, 0.1) is 11.3 Å². The summed E-state index contributed by atoms with van der Waals surface area (Å²) >= 11 is 0. The van der Waals surface area contributed by atoms with Gasteiger partial charge < -0.3 is 10.2 Å². The fourth-order valence-corrected chi connectivity index (χ4v) is 4.31. The predicted molar refractivity (Wildman–Crippen MR) is 68.2 cm³/mol. The second kappa shape index (κ2) is 3.67. The normalized spacial score (nSPS) is 38.9. The molecule has 4 rings (SSSR count). The number of hydrogen-bond donors (Lipinski definition) is 1. The Balaban J connectivity index is 1.45. The number of nitrogens with one attached hydrogen (secondary N) is 1. The van der Waals surface area contributed by atoms with Gasteiger partial charge in [0.2, 0.25) is 0 Å². The lowest BCUT2D eigenvalue weighted by Gasteiger charge is -2.47. The third-order valence-corrected chi connectivity index (χ3v) is 5.26. The number of anilines is 1. The molecule has 3 nitrogen and oxygen atoms in total. The molecule has 2 aliphatic carbocycles. The second-order valence-electron chi connectivity index (χ2n) is 6.40. The first kappa shape index (κ1) is 12.4. The maximum Gasteiger partial charge on any atom is 0.417 e. The van der Waals surface area contributed by atoms with Crippen LogP contribution in [-0.2, 0) is 6.18 Å². The van der Waals surface area contributed by atoms with Crippen molar-refractivity contribution in [3.05, 3.63) is 23.9 Å². The van der Waals surface area contributed by atoms with Crippen molar-refractivity contribution in [1.82, 2.24) is 9.88 Å². The van der Waals surface area contributed by atoms with Gasteiger partial charge in [-0.3, -0.25) is 0 Å². The number of rotatable bonds is 2. The summed E-state index contributed by atoms with van der Waals surface area (Å²) in [7, 11) is 2.13. The van der Waals surface area contributed by atoms with Gasteiger partial charge in [-0.2, -0.15) is 13.2 Å².